The standard InChI is InChI=1S/C32H36Cl2N2O3/c1-21(2)28-17-24(22-8-13-29(33)30(34)18-22)19-39-32(28)23-6-5-7-27(16-23)38-20-31(37)35-25-9-11-26(12-10-25)36-14-3-4-15-36/h5-13,16,18,21,24,28,32H,3-4,14-15,17,19-20H2,1-2H3,(H,35,37)/t24-,28-,32-/m0/s1. The van der Waals surface area contributed by atoms with Gasteiger partial charge in [0, 0.05) is 30.4 Å². The van der Waals surface area contributed by atoms with E-state index in [9.17, 15) is 4.79 Å². The normalized spacial score (nSPS) is 21.3. The first-order valence-electron chi connectivity index (χ1n) is 13.8. The molecule has 0 aromatic heterocycles. The van der Waals surface area contributed by atoms with Gasteiger partial charge >= 0.3 is 0 Å². The van der Waals surface area contributed by atoms with Crippen LogP contribution in [0.2, 0.25) is 10.0 Å². The number of halogens is 2. The summed E-state index contributed by atoms with van der Waals surface area (Å²) < 4.78 is 12.4. The highest BCUT2D eigenvalue weighted by molar-refractivity contribution is 6.42. The molecule has 206 valence electrons. The zero-order valence-corrected chi connectivity index (χ0v) is 24.0. The van der Waals surface area contributed by atoms with Gasteiger partial charge in [-0.25, -0.2) is 0 Å². The van der Waals surface area contributed by atoms with E-state index in [0.717, 1.165) is 36.3 Å². The number of benzene rings is 3. The monoisotopic (exact) mass is 566 g/mol. The van der Waals surface area contributed by atoms with E-state index in [2.05, 4.69) is 42.3 Å². The smallest absolute Gasteiger partial charge is 0.262 e. The number of hydrogen-bond acceptors (Lipinski definition) is 4. The molecule has 2 fully saturated rings. The van der Waals surface area contributed by atoms with E-state index in [-0.39, 0.29) is 24.5 Å². The minimum absolute atomic E-state index is 0.0458. The summed E-state index contributed by atoms with van der Waals surface area (Å²) in [6, 6.07) is 21.8. The molecule has 3 aromatic carbocycles. The molecule has 2 heterocycles. The highest BCUT2D eigenvalue weighted by Gasteiger charge is 2.35. The summed E-state index contributed by atoms with van der Waals surface area (Å²) in [6.45, 7) is 7.22. The van der Waals surface area contributed by atoms with Crippen molar-refractivity contribution in [2.75, 3.05) is 36.5 Å². The maximum Gasteiger partial charge on any atom is 0.262 e. The van der Waals surface area contributed by atoms with Crippen LogP contribution in [0.5, 0.6) is 5.75 Å². The topological polar surface area (TPSA) is 50.8 Å². The summed E-state index contributed by atoms with van der Waals surface area (Å²) in [5, 5.41) is 4.07. The second-order valence-electron chi connectivity index (χ2n) is 10.9. The second-order valence-corrected chi connectivity index (χ2v) is 11.7. The molecule has 3 atom stereocenters. The number of hydrogen-bond donors (Lipinski definition) is 1. The predicted molar refractivity (Wildman–Crippen MR) is 159 cm³/mol. The Morgan fingerprint density at radius 1 is 1.00 bits per heavy atom. The Bertz CT molecular complexity index is 1270. The third-order valence-electron chi connectivity index (χ3n) is 7.87. The van der Waals surface area contributed by atoms with Crippen LogP contribution in [0.1, 0.15) is 56.3 Å². The first-order chi connectivity index (χ1) is 18.9. The lowest BCUT2D eigenvalue weighted by molar-refractivity contribution is -0.118. The Morgan fingerprint density at radius 3 is 2.49 bits per heavy atom. The van der Waals surface area contributed by atoms with Crippen LogP contribution < -0.4 is 15.0 Å². The van der Waals surface area contributed by atoms with E-state index >= 15 is 0 Å². The second kappa shape index (κ2) is 12.6. The molecule has 0 spiro atoms. The number of nitrogens with one attached hydrogen (secondary N) is 1. The Labute approximate surface area is 241 Å². The number of anilines is 2. The van der Waals surface area contributed by atoms with Crippen LogP contribution in [0, 0.1) is 11.8 Å². The van der Waals surface area contributed by atoms with Gasteiger partial charge in [-0.1, -0.05) is 55.2 Å². The molecular formula is C32H36Cl2N2O3. The van der Waals surface area contributed by atoms with Crippen molar-refractivity contribution in [2.24, 2.45) is 11.8 Å². The SMILES string of the molecule is CC(C)[C@@H]1C[C@H](c2ccc(Cl)c(Cl)c2)CO[C@H]1c1cccc(OCC(=O)Nc2ccc(N3CCCC3)cc2)c1. The summed E-state index contributed by atoms with van der Waals surface area (Å²) in [5.41, 5.74) is 4.19. The minimum atomic E-state index is -0.187. The lowest BCUT2D eigenvalue weighted by Crippen LogP contribution is -2.31. The molecule has 0 aliphatic carbocycles. The summed E-state index contributed by atoms with van der Waals surface area (Å²) in [5.74, 6) is 1.47. The van der Waals surface area contributed by atoms with Gasteiger partial charge in [-0.05, 0) is 90.8 Å². The van der Waals surface area contributed by atoms with Crippen LogP contribution in [0.4, 0.5) is 11.4 Å². The summed E-state index contributed by atoms with van der Waals surface area (Å²) >= 11 is 12.4. The Balaban J connectivity index is 1.18. The van der Waals surface area contributed by atoms with E-state index in [0.29, 0.717) is 34.2 Å². The summed E-state index contributed by atoms with van der Waals surface area (Å²) in [7, 11) is 0. The highest BCUT2D eigenvalue weighted by Crippen LogP contribution is 2.44. The van der Waals surface area contributed by atoms with Crippen LogP contribution in [-0.4, -0.2) is 32.2 Å². The van der Waals surface area contributed by atoms with Crippen LogP contribution in [0.15, 0.2) is 66.7 Å². The Morgan fingerprint density at radius 2 is 1.77 bits per heavy atom. The van der Waals surface area contributed by atoms with Crippen molar-refractivity contribution in [3.05, 3.63) is 87.9 Å². The van der Waals surface area contributed by atoms with Crippen molar-refractivity contribution in [3.8, 4) is 5.75 Å². The Hall–Kier alpha value is -2.73. The van der Waals surface area contributed by atoms with Gasteiger partial charge in [0.15, 0.2) is 6.61 Å². The van der Waals surface area contributed by atoms with Crippen molar-refractivity contribution in [1.29, 1.82) is 0 Å². The summed E-state index contributed by atoms with van der Waals surface area (Å²) in [6.07, 6.45) is 3.42. The molecule has 5 rings (SSSR count). The quantitative estimate of drug-likeness (QED) is 0.299. The van der Waals surface area contributed by atoms with Gasteiger partial charge in [0.2, 0.25) is 0 Å². The van der Waals surface area contributed by atoms with E-state index < -0.39 is 0 Å². The number of amides is 1. The largest absolute Gasteiger partial charge is 0.484 e. The molecule has 0 bridgehead atoms. The van der Waals surface area contributed by atoms with Crippen molar-refractivity contribution in [2.45, 2.75) is 45.1 Å². The lowest BCUT2D eigenvalue weighted by atomic mass is 9.76. The van der Waals surface area contributed by atoms with Crippen LogP contribution >= 0.6 is 23.2 Å². The molecule has 2 saturated heterocycles. The fraction of sp³-hybridized carbons (Fsp3) is 0.406. The van der Waals surface area contributed by atoms with Crippen molar-refractivity contribution in [1.82, 2.24) is 0 Å². The maximum absolute atomic E-state index is 12.6. The molecule has 0 saturated carbocycles. The van der Waals surface area contributed by atoms with Crippen molar-refractivity contribution in [3.63, 3.8) is 0 Å². The van der Waals surface area contributed by atoms with E-state index in [4.69, 9.17) is 32.7 Å². The predicted octanol–water partition coefficient (Wildman–Crippen LogP) is 8.13. The molecule has 3 aromatic rings. The van der Waals surface area contributed by atoms with Gasteiger partial charge in [0.05, 0.1) is 22.8 Å². The number of rotatable bonds is 8. The van der Waals surface area contributed by atoms with Crippen LogP contribution in [0.3, 0.4) is 0 Å². The molecule has 2 aliphatic heterocycles. The maximum atomic E-state index is 12.6. The fourth-order valence-electron chi connectivity index (χ4n) is 5.69. The molecule has 1 amide bonds. The lowest BCUT2D eigenvalue weighted by Gasteiger charge is -2.39. The summed E-state index contributed by atoms with van der Waals surface area (Å²) in [4.78, 5) is 15.0. The van der Waals surface area contributed by atoms with Crippen LogP contribution in [0.25, 0.3) is 0 Å². The van der Waals surface area contributed by atoms with Crippen LogP contribution in [-0.2, 0) is 9.53 Å². The van der Waals surface area contributed by atoms with Gasteiger partial charge in [-0.15, -0.1) is 0 Å². The van der Waals surface area contributed by atoms with Gasteiger partial charge in [-0.3, -0.25) is 4.79 Å². The minimum Gasteiger partial charge on any atom is -0.484 e. The van der Waals surface area contributed by atoms with E-state index in [1.165, 1.54) is 18.5 Å². The Kier molecular flexibility index (Phi) is 9.01. The van der Waals surface area contributed by atoms with Gasteiger partial charge in [0.1, 0.15) is 5.75 Å². The van der Waals surface area contributed by atoms with Crippen molar-refractivity contribution >= 4 is 40.5 Å². The molecule has 0 unspecified atom stereocenters. The average molecular weight is 568 g/mol. The molecule has 39 heavy (non-hydrogen) atoms. The average Bonchev–Trinajstić information content (AvgIpc) is 3.49. The molecular weight excluding hydrogens is 531 g/mol. The highest BCUT2D eigenvalue weighted by atomic mass is 35.5. The van der Waals surface area contributed by atoms with Crippen molar-refractivity contribution < 1.29 is 14.3 Å². The zero-order valence-electron chi connectivity index (χ0n) is 22.5. The fourth-order valence-corrected chi connectivity index (χ4v) is 5.99. The third-order valence-corrected chi connectivity index (χ3v) is 8.61. The molecule has 2 aliphatic rings. The first kappa shape index (κ1) is 27.8. The molecule has 5 nitrogen and oxygen atoms in total. The molecule has 7 heteroatoms. The van der Waals surface area contributed by atoms with Gasteiger partial charge < -0.3 is 19.7 Å². The number of carbonyl (C=O) groups excluding carboxylic acids is 1. The van der Waals surface area contributed by atoms with Gasteiger partial charge in [0.25, 0.3) is 5.91 Å². The van der Waals surface area contributed by atoms with E-state index in [1.54, 1.807) is 0 Å². The van der Waals surface area contributed by atoms with Gasteiger partial charge in [-0.2, -0.15) is 0 Å². The third kappa shape index (κ3) is 6.89. The van der Waals surface area contributed by atoms with E-state index in [1.807, 2.05) is 48.5 Å². The number of ether oxygens (including phenoxy) is 2. The first-order valence-corrected chi connectivity index (χ1v) is 14.6. The molecule has 0 radical (unpaired) electrons. The number of carbonyl (C=O) groups is 1. The molecule has 1 N–H and O–H groups in total. The number of nitrogens with zero attached hydrogens (tertiary/aromatic N) is 1. The zero-order chi connectivity index (χ0) is 27.4.